The van der Waals surface area contributed by atoms with Gasteiger partial charge in [0.15, 0.2) is 0 Å². The van der Waals surface area contributed by atoms with E-state index in [-0.39, 0.29) is 4.90 Å². The van der Waals surface area contributed by atoms with E-state index in [9.17, 15) is 35.9 Å². The number of piperidine rings is 1. The van der Waals surface area contributed by atoms with Crippen LogP contribution in [0.3, 0.4) is 0 Å². The molecule has 0 aliphatic carbocycles. The maximum Gasteiger partial charge on any atom is 0.375 e. The molecule has 0 aromatic heterocycles. The molecule has 0 bridgehead atoms. The molecule has 1 heterocycles. The molecule has 1 amide bonds. The van der Waals surface area contributed by atoms with Crippen molar-refractivity contribution >= 4 is 11.9 Å². The Bertz CT molecular complexity index is 423. The summed E-state index contributed by atoms with van der Waals surface area (Å²) >= 11 is 0. The number of likely N-dealkylation sites (tertiary alicyclic amines) is 1. The van der Waals surface area contributed by atoms with E-state index in [2.05, 4.69) is 5.32 Å². The van der Waals surface area contributed by atoms with Gasteiger partial charge in [-0.05, 0) is 7.05 Å². The van der Waals surface area contributed by atoms with Crippen molar-refractivity contribution in [2.75, 3.05) is 20.1 Å². The Morgan fingerprint density at radius 2 is 1.57 bits per heavy atom. The highest BCUT2D eigenvalue weighted by Gasteiger charge is 2.75. The number of aliphatic carboxylic acids is 1. The van der Waals surface area contributed by atoms with Gasteiger partial charge in [-0.15, -0.1) is 0 Å². The predicted molar refractivity (Wildman–Crippen MR) is 56.5 cm³/mol. The minimum atomic E-state index is -5.58. The van der Waals surface area contributed by atoms with Gasteiger partial charge in [-0.1, -0.05) is 0 Å². The van der Waals surface area contributed by atoms with Gasteiger partial charge < -0.3 is 15.3 Å². The number of alkyl halides is 6. The lowest BCUT2D eigenvalue weighted by molar-refractivity contribution is -0.335. The molecule has 1 fully saturated rings. The Labute approximate surface area is 114 Å². The van der Waals surface area contributed by atoms with Gasteiger partial charge in [-0.2, -0.15) is 26.3 Å². The van der Waals surface area contributed by atoms with E-state index < -0.39 is 55.2 Å². The topological polar surface area (TPSA) is 69.6 Å². The van der Waals surface area contributed by atoms with Crippen molar-refractivity contribution in [3.63, 3.8) is 0 Å². The molecule has 1 aliphatic rings. The van der Waals surface area contributed by atoms with Crippen LogP contribution >= 0.6 is 0 Å². The quantitative estimate of drug-likeness (QED) is 0.751. The van der Waals surface area contributed by atoms with Crippen LogP contribution in [0.5, 0.6) is 0 Å². The largest absolute Gasteiger partial charge is 0.481 e. The average molecular weight is 322 g/mol. The Morgan fingerprint density at radius 1 is 1.14 bits per heavy atom. The summed E-state index contributed by atoms with van der Waals surface area (Å²) in [7, 11) is 1.11. The lowest BCUT2D eigenvalue weighted by Crippen LogP contribution is -2.69. The van der Waals surface area contributed by atoms with Gasteiger partial charge in [0.25, 0.3) is 0 Å². The fourth-order valence-electron chi connectivity index (χ4n) is 1.87. The second kappa shape index (κ2) is 5.35. The van der Waals surface area contributed by atoms with E-state index >= 15 is 0 Å². The molecule has 1 saturated heterocycles. The Hall–Kier alpha value is -1.52. The SMILES string of the molecule is CN[C@@H](CC(=O)O)C(=O)N1CC(F)(F)C(F)(F)C(F)(F)C1. The Kier molecular flexibility index (Phi) is 4.47. The third kappa shape index (κ3) is 3.06. The number of rotatable bonds is 4. The molecular formula is C10H12F6N2O3. The highest BCUT2D eigenvalue weighted by atomic mass is 19.3. The lowest BCUT2D eigenvalue weighted by atomic mass is 9.97. The second-order valence-electron chi connectivity index (χ2n) is 4.62. The van der Waals surface area contributed by atoms with Crippen LogP contribution in [0.15, 0.2) is 0 Å². The molecule has 1 atom stereocenters. The van der Waals surface area contributed by atoms with Gasteiger partial charge in [0, 0.05) is 0 Å². The van der Waals surface area contributed by atoms with Crippen molar-refractivity contribution in [3.05, 3.63) is 0 Å². The van der Waals surface area contributed by atoms with Crippen molar-refractivity contribution in [3.8, 4) is 0 Å². The fraction of sp³-hybridized carbons (Fsp3) is 0.800. The molecule has 0 aromatic rings. The molecule has 122 valence electrons. The van der Waals surface area contributed by atoms with E-state index in [0.29, 0.717) is 0 Å². The fourth-order valence-corrected chi connectivity index (χ4v) is 1.87. The smallest absolute Gasteiger partial charge is 0.375 e. The highest BCUT2D eigenvalue weighted by molar-refractivity contribution is 5.86. The minimum Gasteiger partial charge on any atom is -0.481 e. The molecule has 1 rings (SSSR count). The Morgan fingerprint density at radius 3 is 1.90 bits per heavy atom. The van der Waals surface area contributed by atoms with E-state index in [0.717, 1.165) is 7.05 Å². The molecule has 0 unspecified atom stereocenters. The summed E-state index contributed by atoms with van der Waals surface area (Å²) < 4.78 is 78.5. The number of likely N-dealkylation sites (N-methyl/N-ethyl adjacent to an activating group) is 1. The number of halogens is 6. The number of amides is 1. The number of carboxylic acid groups (broad SMARTS) is 1. The zero-order valence-electron chi connectivity index (χ0n) is 10.7. The van der Waals surface area contributed by atoms with Crippen molar-refractivity contribution in [1.82, 2.24) is 10.2 Å². The van der Waals surface area contributed by atoms with Gasteiger partial charge in [0.1, 0.15) is 0 Å². The maximum absolute atomic E-state index is 13.2. The summed E-state index contributed by atoms with van der Waals surface area (Å²) in [6.07, 6.45) is -0.862. The molecule has 21 heavy (non-hydrogen) atoms. The summed E-state index contributed by atoms with van der Waals surface area (Å²) in [5.41, 5.74) is 0. The summed E-state index contributed by atoms with van der Waals surface area (Å²) in [4.78, 5) is 22.1. The van der Waals surface area contributed by atoms with Crippen LogP contribution in [0.25, 0.3) is 0 Å². The first-order valence-electron chi connectivity index (χ1n) is 5.67. The first-order valence-corrected chi connectivity index (χ1v) is 5.67. The molecule has 0 saturated carbocycles. The first-order chi connectivity index (χ1) is 9.35. The van der Waals surface area contributed by atoms with Crippen LogP contribution in [-0.4, -0.2) is 65.8 Å². The van der Waals surface area contributed by atoms with Crippen molar-refractivity contribution in [2.45, 2.75) is 30.2 Å². The maximum atomic E-state index is 13.2. The number of hydrogen-bond acceptors (Lipinski definition) is 3. The summed E-state index contributed by atoms with van der Waals surface area (Å²) in [6.45, 7) is -3.82. The molecule has 11 heteroatoms. The van der Waals surface area contributed by atoms with Gasteiger partial charge >= 0.3 is 23.7 Å². The van der Waals surface area contributed by atoms with Gasteiger partial charge in [0.05, 0.1) is 25.6 Å². The van der Waals surface area contributed by atoms with Crippen LogP contribution in [-0.2, 0) is 9.59 Å². The minimum absolute atomic E-state index is 0.151. The van der Waals surface area contributed by atoms with Crippen LogP contribution in [0.1, 0.15) is 6.42 Å². The molecule has 0 radical (unpaired) electrons. The normalized spacial score (nSPS) is 24.4. The molecule has 0 spiro atoms. The van der Waals surface area contributed by atoms with E-state index in [1.807, 2.05) is 0 Å². The number of nitrogens with one attached hydrogen (secondary N) is 1. The van der Waals surface area contributed by atoms with Crippen LogP contribution in [0.2, 0.25) is 0 Å². The van der Waals surface area contributed by atoms with Gasteiger partial charge in [-0.25, -0.2) is 0 Å². The van der Waals surface area contributed by atoms with E-state index in [1.165, 1.54) is 0 Å². The first kappa shape index (κ1) is 17.5. The molecule has 2 N–H and O–H groups in total. The monoisotopic (exact) mass is 322 g/mol. The molecule has 5 nitrogen and oxygen atoms in total. The lowest BCUT2D eigenvalue weighted by Gasteiger charge is -2.43. The third-order valence-electron chi connectivity index (χ3n) is 3.03. The second-order valence-corrected chi connectivity index (χ2v) is 4.62. The number of hydrogen-bond donors (Lipinski definition) is 2. The van der Waals surface area contributed by atoms with Gasteiger partial charge in [0.2, 0.25) is 5.91 Å². The zero-order valence-corrected chi connectivity index (χ0v) is 10.7. The van der Waals surface area contributed by atoms with Crippen LogP contribution < -0.4 is 5.32 Å². The zero-order chi connectivity index (χ0) is 16.6. The predicted octanol–water partition coefficient (Wildman–Crippen LogP) is 0.797. The number of carboxylic acids is 1. The van der Waals surface area contributed by atoms with Crippen molar-refractivity contribution in [2.24, 2.45) is 0 Å². The van der Waals surface area contributed by atoms with E-state index in [4.69, 9.17) is 5.11 Å². The van der Waals surface area contributed by atoms with Crippen molar-refractivity contribution in [1.29, 1.82) is 0 Å². The van der Waals surface area contributed by atoms with E-state index in [1.54, 1.807) is 0 Å². The number of carbonyl (C=O) groups is 2. The molecule has 1 aliphatic heterocycles. The summed E-state index contributed by atoms with van der Waals surface area (Å²) in [6, 6.07) is -1.57. The summed E-state index contributed by atoms with van der Waals surface area (Å²) in [5.74, 6) is -18.7. The molecule has 0 aromatic carbocycles. The number of carbonyl (C=O) groups excluding carboxylic acids is 1. The average Bonchev–Trinajstić information content (AvgIpc) is 2.31. The summed E-state index contributed by atoms with van der Waals surface area (Å²) in [5, 5.41) is 10.7. The number of nitrogens with zero attached hydrogens (tertiary/aromatic N) is 1. The molecular weight excluding hydrogens is 310 g/mol. The van der Waals surface area contributed by atoms with Crippen LogP contribution in [0.4, 0.5) is 26.3 Å². The Balaban J connectivity index is 3.00. The van der Waals surface area contributed by atoms with Gasteiger partial charge in [-0.3, -0.25) is 9.59 Å². The third-order valence-corrected chi connectivity index (χ3v) is 3.03. The standard InChI is InChI=1S/C10H12F6N2O3/c1-17-5(2-6(19)20)7(21)18-3-8(11,12)10(15,16)9(13,14)4-18/h5,17H,2-4H2,1H3,(H,19,20)/t5-/m0/s1. The van der Waals surface area contributed by atoms with Crippen LogP contribution in [0, 0.1) is 0 Å². The van der Waals surface area contributed by atoms with Crippen molar-refractivity contribution < 1.29 is 41.0 Å². The highest BCUT2D eigenvalue weighted by Crippen LogP contribution is 2.49.